The van der Waals surface area contributed by atoms with Crippen molar-refractivity contribution in [1.29, 1.82) is 0 Å². The highest BCUT2D eigenvalue weighted by atomic mass is 16.2. The monoisotopic (exact) mass is 356 g/mol. The molecule has 1 aliphatic heterocycles. The SMILES string of the molecule is CC1(c2ccc(-c3ccc4ccccc4c3)[nH]c2=O)C(=O)Nc2nccn21. The van der Waals surface area contributed by atoms with Crippen LogP contribution in [0.3, 0.4) is 0 Å². The van der Waals surface area contributed by atoms with E-state index in [4.69, 9.17) is 0 Å². The van der Waals surface area contributed by atoms with Gasteiger partial charge in [0.1, 0.15) is 0 Å². The van der Waals surface area contributed by atoms with Gasteiger partial charge in [-0.25, -0.2) is 4.98 Å². The zero-order valence-corrected chi connectivity index (χ0v) is 14.6. The van der Waals surface area contributed by atoms with E-state index in [1.54, 1.807) is 30.0 Å². The maximum atomic E-state index is 12.9. The average Bonchev–Trinajstić information content (AvgIpc) is 3.23. The summed E-state index contributed by atoms with van der Waals surface area (Å²) >= 11 is 0. The topological polar surface area (TPSA) is 79.8 Å². The average molecular weight is 356 g/mol. The second-order valence-corrected chi connectivity index (χ2v) is 6.82. The maximum Gasteiger partial charge on any atom is 0.257 e. The van der Waals surface area contributed by atoms with Crippen LogP contribution < -0.4 is 10.9 Å². The van der Waals surface area contributed by atoms with E-state index in [1.165, 1.54) is 0 Å². The predicted octanol–water partition coefficient (Wildman–Crippen LogP) is 3.11. The third-order valence-electron chi connectivity index (χ3n) is 5.28. The van der Waals surface area contributed by atoms with Gasteiger partial charge in [-0.3, -0.25) is 19.5 Å². The summed E-state index contributed by atoms with van der Waals surface area (Å²) in [5, 5.41) is 4.96. The summed E-state index contributed by atoms with van der Waals surface area (Å²) in [4.78, 5) is 32.5. The summed E-state index contributed by atoms with van der Waals surface area (Å²) < 4.78 is 1.69. The first-order valence-electron chi connectivity index (χ1n) is 8.65. The number of pyridine rings is 1. The molecule has 4 aromatic rings. The van der Waals surface area contributed by atoms with Crippen LogP contribution >= 0.6 is 0 Å². The summed E-state index contributed by atoms with van der Waals surface area (Å²) in [5.41, 5.74) is 0.589. The number of carbonyl (C=O) groups excluding carboxylic acids is 1. The Hall–Kier alpha value is -3.67. The lowest BCUT2D eigenvalue weighted by Gasteiger charge is -2.23. The van der Waals surface area contributed by atoms with E-state index in [1.807, 2.05) is 48.5 Å². The number of hydrogen-bond acceptors (Lipinski definition) is 3. The second-order valence-electron chi connectivity index (χ2n) is 6.82. The fourth-order valence-electron chi connectivity index (χ4n) is 3.72. The number of rotatable bonds is 2. The number of carbonyl (C=O) groups is 1. The Kier molecular flexibility index (Phi) is 3.12. The first kappa shape index (κ1) is 15.6. The molecule has 27 heavy (non-hydrogen) atoms. The van der Waals surface area contributed by atoms with E-state index in [0.29, 0.717) is 17.2 Å². The van der Waals surface area contributed by atoms with Gasteiger partial charge in [-0.05, 0) is 41.5 Å². The van der Waals surface area contributed by atoms with E-state index in [2.05, 4.69) is 15.3 Å². The number of nitrogens with one attached hydrogen (secondary N) is 2. The minimum atomic E-state index is -1.12. The summed E-state index contributed by atoms with van der Waals surface area (Å²) in [5.74, 6) is 0.176. The van der Waals surface area contributed by atoms with Gasteiger partial charge in [0, 0.05) is 18.1 Å². The molecule has 0 saturated heterocycles. The Morgan fingerprint density at radius 2 is 1.81 bits per heavy atom. The third kappa shape index (κ3) is 2.16. The number of imidazole rings is 1. The van der Waals surface area contributed by atoms with Gasteiger partial charge in [-0.2, -0.15) is 0 Å². The maximum absolute atomic E-state index is 12.9. The van der Waals surface area contributed by atoms with Crippen LogP contribution in [0.1, 0.15) is 12.5 Å². The molecule has 3 heterocycles. The van der Waals surface area contributed by atoms with Crippen LogP contribution in [0.5, 0.6) is 0 Å². The number of benzene rings is 2. The minimum Gasteiger partial charge on any atom is -0.322 e. The molecular formula is C21H16N4O2. The van der Waals surface area contributed by atoms with Gasteiger partial charge in [0.15, 0.2) is 5.54 Å². The second kappa shape index (κ2) is 5.41. The van der Waals surface area contributed by atoms with Crippen LogP contribution in [0.15, 0.2) is 71.8 Å². The van der Waals surface area contributed by atoms with Crippen LogP contribution in [0.25, 0.3) is 22.0 Å². The molecule has 0 saturated carbocycles. The van der Waals surface area contributed by atoms with E-state index in [-0.39, 0.29) is 11.5 Å². The lowest BCUT2D eigenvalue weighted by atomic mass is 9.92. The largest absolute Gasteiger partial charge is 0.322 e. The lowest BCUT2D eigenvalue weighted by Crippen LogP contribution is -2.41. The molecule has 6 heteroatoms. The van der Waals surface area contributed by atoms with E-state index in [0.717, 1.165) is 16.3 Å². The molecule has 5 rings (SSSR count). The van der Waals surface area contributed by atoms with Crippen molar-refractivity contribution in [2.75, 3.05) is 5.32 Å². The molecule has 132 valence electrons. The van der Waals surface area contributed by atoms with Gasteiger partial charge in [-0.15, -0.1) is 0 Å². The number of fused-ring (bicyclic) bond motifs is 2. The Bertz CT molecular complexity index is 1270. The molecule has 2 N–H and O–H groups in total. The van der Waals surface area contributed by atoms with E-state index in [9.17, 15) is 9.59 Å². The predicted molar refractivity (Wildman–Crippen MR) is 104 cm³/mol. The van der Waals surface area contributed by atoms with Gasteiger partial charge >= 0.3 is 0 Å². The summed E-state index contributed by atoms with van der Waals surface area (Å²) in [6.07, 6.45) is 3.30. The first-order valence-corrected chi connectivity index (χ1v) is 8.65. The zero-order valence-electron chi connectivity index (χ0n) is 14.6. The highest BCUT2D eigenvalue weighted by Crippen LogP contribution is 2.34. The number of nitrogens with zero attached hydrogens (tertiary/aromatic N) is 2. The first-order chi connectivity index (χ1) is 13.1. The van der Waals surface area contributed by atoms with E-state index >= 15 is 0 Å². The van der Waals surface area contributed by atoms with Crippen LogP contribution in [-0.2, 0) is 10.3 Å². The standard InChI is InChI=1S/C21H16N4O2/c1-21(19(27)24-20-22-10-11-25(20)21)16-8-9-17(23-18(16)26)15-7-6-13-4-2-3-5-14(13)12-15/h2-12H,1H3,(H,23,26)(H,22,24,27). The molecule has 2 aromatic carbocycles. The van der Waals surface area contributed by atoms with Crippen molar-refractivity contribution in [2.24, 2.45) is 0 Å². The van der Waals surface area contributed by atoms with Crippen molar-refractivity contribution in [1.82, 2.24) is 14.5 Å². The Balaban J connectivity index is 1.62. The molecular weight excluding hydrogens is 340 g/mol. The minimum absolute atomic E-state index is 0.269. The Labute approximate surface area is 154 Å². The fraction of sp³-hybridized carbons (Fsp3) is 0.0952. The van der Waals surface area contributed by atoms with Crippen molar-refractivity contribution in [3.63, 3.8) is 0 Å². The molecule has 2 aromatic heterocycles. The molecule has 1 aliphatic rings. The van der Waals surface area contributed by atoms with Crippen LogP contribution in [-0.4, -0.2) is 20.4 Å². The Morgan fingerprint density at radius 3 is 2.63 bits per heavy atom. The van der Waals surface area contributed by atoms with Gasteiger partial charge < -0.3 is 4.98 Å². The highest BCUT2D eigenvalue weighted by Gasteiger charge is 2.45. The molecule has 6 nitrogen and oxygen atoms in total. The lowest BCUT2D eigenvalue weighted by molar-refractivity contribution is -0.120. The molecule has 0 spiro atoms. The quantitative estimate of drug-likeness (QED) is 0.579. The third-order valence-corrected chi connectivity index (χ3v) is 5.28. The molecule has 0 bridgehead atoms. The van der Waals surface area contributed by atoms with Gasteiger partial charge in [0.2, 0.25) is 5.95 Å². The number of anilines is 1. The number of amides is 1. The highest BCUT2D eigenvalue weighted by molar-refractivity contribution is 6.01. The molecule has 1 amide bonds. The van der Waals surface area contributed by atoms with Crippen molar-refractivity contribution in [3.8, 4) is 11.3 Å². The molecule has 0 fully saturated rings. The molecule has 1 atom stereocenters. The van der Waals surface area contributed by atoms with Gasteiger partial charge in [0.25, 0.3) is 11.5 Å². The molecule has 0 radical (unpaired) electrons. The molecule has 0 aliphatic carbocycles. The van der Waals surface area contributed by atoms with Crippen LogP contribution in [0, 0.1) is 0 Å². The summed E-state index contributed by atoms with van der Waals surface area (Å²) in [6.45, 7) is 1.72. The van der Waals surface area contributed by atoms with Gasteiger partial charge in [-0.1, -0.05) is 36.4 Å². The Morgan fingerprint density at radius 1 is 1.00 bits per heavy atom. The van der Waals surface area contributed by atoms with Crippen molar-refractivity contribution in [3.05, 3.63) is 82.9 Å². The smallest absolute Gasteiger partial charge is 0.257 e. The van der Waals surface area contributed by atoms with E-state index < -0.39 is 5.54 Å². The van der Waals surface area contributed by atoms with Crippen LogP contribution in [0.2, 0.25) is 0 Å². The number of aromatic nitrogens is 3. The van der Waals surface area contributed by atoms with Crippen LogP contribution in [0.4, 0.5) is 5.95 Å². The van der Waals surface area contributed by atoms with Crippen molar-refractivity contribution >= 4 is 22.6 Å². The number of hydrogen-bond donors (Lipinski definition) is 2. The van der Waals surface area contributed by atoms with Gasteiger partial charge in [0.05, 0.1) is 5.56 Å². The van der Waals surface area contributed by atoms with Crippen molar-refractivity contribution in [2.45, 2.75) is 12.5 Å². The zero-order chi connectivity index (χ0) is 18.6. The normalized spacial score (nSPS) is 18.5. The summed E-state index contributed by atoms with van der Waals surface area (Å²) in [6, 6.07) is 17.7. The summed E-state index contributed by atoms with van der Waals surface area (Å²) in [7, 11) is 0. The fourth-order valence-corrected chi connectivity index (χ4v) is 3.72. The molecule has 1 unspecified atom stereocenters. The number of H-pyrrole nitrogens is 1. The van der Waals surface area contributed by atoms with Crippen molar-refractivity contribution < 1.29 is 4.79 Å². The number of aromatic amines is 1.